The molecule has 0 aliphatic rings. The van der Waals surface area contributed by atoms with Crippen LogP contribution in [0, 0.1) is 5.82 Å². The van der Waals surface area contributed by atoms with Crippen LogP contribution < -0.4 is 14.8 Å². The topological polar surface area (TPSA) is 85.8 Å². The van der Waals surface area contributed by atoms with E-state index in [2.05, 4.69) is 15.3 Å². The molecule has 1 heterocycles. The second-order valence-corrected chi connectivity index (χ2v) is 7.67. The van der Waals surface area contributed by atoms with Crippen LogP contribution in [-0.4, -0.2) is 54.9 Å². The van der Waals surface area contributed by atoms with Crippen LogP contribution in [0.1, 0.15) is 19.8 Å². The van der Waals surface area contributed by atoms with Gasteiger partial charge in [-0.3, -0.25) is 0 Å². The van der Waals surface area contributed by atoms with E-state index in [1.165, 1.54) is 30.5 Å². The van der Waals surface area contributed by atoms with Gasteiger partial charge in [-0.05, 0) is 30.7 Å². The molecule has 0 unspecified atom stereocenters. The molecule has 0 aliphatic carbocycles. The fourth-order valence-corrected chi connectivity index (χ4v) is 3.11. The molecule has 2 aromatic carbocycles. The third-order valence-electron chi connectivity index (χ3n) is 4.82. The lowest BCUT2D eigenvalue weighted by Crippen LogP contribution is -2.31. The van der Waals surface area contributed by atoms with Gasteiger partial charge < -0.3 is 24.4 Å². The Labute approximate surface area is 196 Å². The van der Waals surface area contributed by atoms with Crippen molar-refractivity contribution >= 4 is 40.1 Å². The van der Waals surface area contributed by atoms with E-state index < -0.39 is 11.9 Å². The number of fused-ring (bicyclic) bond motifs is 1. The first-order valence-corrected chi connectivity index (χ1v) is 10.9. The SMILES string of the molecule is CCCCOC(=O)N(C)CCOc1cc2ncnc(Nc3ccc(Cl)cc3F)c2cc1OC. The average molecular weight is 477 g/mol. The van der Waals surface area contributed by atoms with Crippen molar-refractivity contribution in [2.75, 3.05) is 39.2 Å². The molecule has 3 aromatic rings. The number of halogens is 2. The summed E-state index contributed by atoms with van der Waals surface area (Å²) in [6, 6.07) is 7.75. The molecule has 0 bridgehead atoms. The van der Waals surface area contributed by atoms with Crippen LogP contribution >= 0.6 is 11.6 Å². The first-order chi connectivity index (χ1) is 15.9. The van der Waals surface area contributed by atoms with E-state index in [1.807, 2.05) is 6.92 Å². The summed E-state index contributed by atoms with van der Waals surface area (Å²) in [5, 5.41) is 3.88. The summed E-state index contributed by atoms with van der Waals surface area (Å²) < 4.78 is 30.7. The molecule has 1 aromatic heterocycles. The van der Waals surface area contributed by atoms with Gasteiger partial charge in [-0.25, -0.2) is 19.2 Å². The third kappa shape index (κ3) is 6.35. The highest BCUT2D eigenvalue weighted by molar-refractivity contribution is 6.30. The third-order valence-corrected chi connectivity index (χ3v) is 5.06. The van der Waals surface area contributed by atoms with Crippen LogP contribution in [0.5, 0.6) is 11.5 Å². The van der Waals surface area contributed by atoms with Gasteiger partial charge >= 0.3 is 6.09 Å². The molecular weight excluding hydrogens is 451 g/mol. The van der Waals surface area contributed by atoms with Crippen LogP contribution in [0.3, 0.4) is 0 Å². The summed E-state index contributed by atoms with van der Waals surface area (Å²) >= 11 is 5.83. The van der Waals surface area contributed by atoms with Crippen LogP contribution in [0.15, 0.2) is 36.7 Å². The highest BCUT2D eigenvalue weighted by atomic mass is 35.5. The quantitative estimate of drug-likeness (QED) is 0.391. The van der Waals surface area contributed by atoms with Crippen LogP contribution in [0.25, 0.3) is 10.9 Å². The molecule has 0 saturated carbocycles. The number of anilines is 2. The zero-order valence-corrected chi connectivity index (χ0v) is 19.5. The molecule has 0 atom stereocenters. The molecule has 0 saturated heterocycles. The van der Waals surface area contributed by atoms with Gasteiger partial charge in [-0.1, -0.05) is 24.9 Å². The molecule has 10 heteroatoms. The summed E-state index contributed by atoms with van der Waals surface area (Å²) in [6.07, 6.45) is 2.76. The molecule has 0 aliphatic heterocycles. The Kier molecular flexibility index (Phi) is 8.48. The Morgan fingerprint density at radius 1 is 1.18 bits per heavy atom. The smallest absolute Gasteiger partial charge is 0.409 e. The summed E-state index contributed by atoms with van der Waals surface area (Å²) in [4.78, 5) is 21.9. The normalized spacial score (nSPS) is 10.7. The predicted octanol–water partition coefficient (Wildman–Crippen LogP) is 5.42. The van der Waals surface area contributed by atoms with Crippen molar-refractivity contribution in [1.82, 2.24) is 14.9 Å². The highest BCUT2D eigenvalue weighted by Crippen LogP contribution is 2.35. The number of likely N-dealkylation sites (N-methyl/N-ethyl adjacent to an activating group) is 1. The number of hydrogen-bond donors (Lipinski definition) is 1. The average Bonchev–Trinajstić information content (AvgIpc) is 2.80. The largest absolute Gasteiger partial charge is 0.493 e. The van der Waals surface area contributed by atoms with E-state index in [1.54, 1.807) is 25.2 Å². The van der Waals surface area contributed by atoms with Gasteiger partial charge in [0.15, 0.2) is 11.5 Å². The summed E-state index contributed by atoms with van der Waals surface area (Å²) in [6.45, 7) is 2.99. The Morgan fingerprint density at radius 2 is 2.00 bits per heavy atom. The van der Waals surface area contributed by atoms with Crippen molar-refractivity contribution in [1.29, 1.82) is 0 Å². The summed E-state index contributed by atoms with van der Waals surface area (Å²) in [7, 11) is 3.16. The van der Waals surface area contributed by atoms with E-state index in [0.29, 0.717) is 46.4 Å². The molecule has 176 valence electrons. The number of nitrogens with zero attached hydrogens (tertiary/aromatic N) is 3. The van der Waals surface area contributed by atoms with Crippen LogP contribution in [0.4, 0.5) is 20.7 Å². The molecular formula is C23H26ClFN4O4. The highest BCUT2D eigenvalue weighted by Gasteiger charge is 2.15. The van der Waals surface area contributed by atoms with Gasteiger partial charge in [0.1, 0.15) is 24.6 Å². The number of aromatic nitrogens is 2. The maximum absolute atomic E-state index is 14.2. The Hall–Kier alpha value is -3.33. The lowest BCUT2D eigenvalue weighted by molar-refractivity contribution is 0.104. The van der Waals surface area contributed by atoms with Crippen molar-refractivity contribution < 1.29 is 23.4 Å². The van der Waals surface area contributed by atoms with Crippen molar-refractivity contribution in [3.63, 3.8) is 0 Å². The Balaban J connectivity index is 1.73. The molecule has 1 N–H and O–H groups in total. The van der Waals surface area contributed by atoms with E-state index >= 15 is 0 Å². The zero-order valence-electron chi connectivity index (χ0n) is 18.7. The van der Waals surface area contributed by atoms with Gasteiger partial charge in [0.25, 0.3) is 0 Å². The molecule has 0 spiro atoms. The van der Waals surface area contributed by atoms with Crippen molar-refractivity contribution in [2.45, 2.75) is 19.8 Å². The number of amides is 1. The van der Waals surface area contributed by atoms with Gasteiger partial charge in [-0.2, -0.15) is 0 Å². The number of ether oxygens (including phenoxy) is 3. The molecule has 8 nitrogen and oxygen atoms in total. The van der Waals surface area contributed by atoms with Gasteiger partial charge in [0.2, 0.25) is 0 Å². The second-order valence-electron chi connectivity index (χ2n) is 7.23. The number of carbonyl (C=O) groups excluding carboxylic acids is 1. The van der Waals surface area contributed by atoms with Crippen LogP contribution in [0.2, 0.25) is 5.02 Å². The van der Waals surface area contributed by atoms with Gasteiger partial charge in [-0.15, -0.1) is 0 Å². The number of unbranched alkanes of at least 4 members (excludes halogenated alkanes) is 1. The van der Waals surface area contributed by atoms with Gasteiger partial charge in [0, 0.05) is 23.5 Å². The van der Waals surface area contributed by atoms with E-state index in [0.717, 1.165) is 12.8 Å². The first-order valence-electron chi connectivity index (χ1n) is 10.5. The lowest BCUT2D eigenvalue weighted by atomic mass is 10.2. The minimum Gasteiger partial charge on any atom is -0.493 e. The lowest BCUT2D eigenvalue weighted by Gasteiger charge is -2.18. The minimum absolute atomic E-state index is 0.229. The number of hydrogen-bond acceptors (Lipinski definition) is 7. The van der Waals surface area contributed by atoms with Crippen molar-refractivity contribution in [3.8, 4) is 11.5 Å². The van der Waals surface area contributed by atoms with E-state index in [4.69, 9.17) is 25.8 Å². The monoisotopic (exact) mass is 476 g/mol. The van der Waals surface area contributed by atoms with Crippen molar-refractivity contribution in [3.05, 3.63) is 47.5 Å². The maximum Gasteiger partial charge on any atom is 0.409 e. The van der Waals surface area contributed by atoms with E-state index in [9.17, 15) is 9.18 Å². The number of benzene rings is 2. The Bertz CT molecular complexity index is 1120. The molecule has 0 radical (unpaired) electrons. The number of methoxy groups -OCH3 is 1. The second kappa shape index (κ2) is 11.5. The fourth-order valence-electron chi connectivity index (χ4n) is 2.95. The van der Waals surface area contributed by atoms with Gasteiger partial charge in [0.05, 0.1) is 31.5 Å². The Morgan fingerprint density at radius 3 is 2.73 bits per heavy atom. The summed E-state index contributed by atoms with van der Waals surface area (Å²) in [5.74, 6) is 0.810. The standard InChI is InChI=1S/C23H26ClFN4O4/c1-4-5-9-33-23(30)29(2)8-10-32-21-13-19-16(12-20(21)31-3)22(27-14-26-19)28-18-7-6-15(24)11-17(18)25/h6-7,11-14H,4-5,8-10H2,1-3H3,(H,26,27,28). The predicted molar refractivity (Wildman–Crippen MR) is 125 cm³/mol. The maximum atomic E-state index is 14.2. The zero-order chi connectivity index (χ0) is 23.8. The fraction of sp³-hybridized carbons (Fsp3) is 0.348. The molecule has 1 amide bonds. The molecule has 3 rings (SSSR count). The minimum atomic E-state index is -0.501. The van der Waals surface area contributed by atoms with E-state index in [-0.39, 0.29) is 12.3 Å². The first kappa shape index (κ1) is 24.3. The van der Waals surface area contributed by atoms with Crippen molar-refractivity contribution in [2.24, 2.45) is 0 Å². The number of rotatable bonds is 10. The molecule has 33 heavy (non-hydrogen) atoms. The molecule has 0 fully saturated rings. The summed E-state index contributed by atoms with van der Waals surface area (Å²) in [5.41, 5.74) is 0.803. The number of carbonyl (C=O) groups is 1. The number of nitrogens with one attached hydrogen (secondary N) is 1. The van der Waals surface area contributed by atoms with Crippen LogP contribution in [-0.2, 0) is 4.74 Å².